The van der Waals surface area contributed by atoms with Crippen LogP contribution in [0.4, 0.5) is 11.4 Å². The number of thioether (sulfide) groups is 1. The van der Waals surface area contributed by atoms with Crippen molar-refractivity contribution in [3.05, 3.63) is 70.5 Å². The summed E-state index contributed by atoms with van der Waals surface area (Å²) in [5, 5.41) is 21.9. The second kappa shape index (κ2) is 7.79. The molecule has 3 rings (SSSR count). The molecule has 26 heavy (non-hydrogen) atoms. The van der Waals surface area contributed by atoms with Gasteiger partial charge in [0, 0.05) is 23.5 Å². The summed E-state index contributed by atoms with van der Waals surface area (Å²) in [4.78, 5) is 22.2. The van der Waals surface area contributed by atoms with E-state index in [1.165, 1.54) is 36.0 Å². The fourth-order valence-electron chi connectivity index (χ4n) is 2.20. The molecule has 0 atom stereocenters. The number of nitrogens with one attached hydrogen (secondary N) is 1. The van der Waals surface area contributed by atoms with Crippen molar-refractivity contribution >= 4 is 29.0 Å². The molecule has 0 aliphatic heterocycles. The van der Waals surface area contributed by atoms with Crippen LogP contribution in [0, 0.1) is 17.0 Å². The van der Waals surface area contributed by atoms with Crippen molar-refractivity contribution < 1.29 is 9.72 Å². The first-order chi connectivity index (χ1) is 12.5. The van der Waals surface area contributed by atoms with Crippen LogP contribution in [0.25, 0.3) is 5.69 Å². The number of rotatable bonds is 6. The Labute approximate surface area is 153 Å². The number of nitro groups is 1. The number of carbonyl (C=O) groups excluding carboxylic acids is 1. The fraction of sp³-hybridized carbons (Fsp3) is 0.118. The third-order valence-corrected chi connectivity index (χ3v) is 4.47. The van der Waals surface area contributed by atoms with E-state index >= 15 is 0 Å². The summed E-state index contributed by atoms with van der Waals surface area (Å²) in [6.07, 6.45) is 1.60. The van der Waals surface area contributed by atoms with E-state index in [0.29, 0.717) is 10.8 Å². The van der Waals surface area contributed by atoms with Crippen LogP contribution in [-0.2, 0) is 4.79 Å². The van der Waals surface area contributed by atoms with Gasteiger partial charge in [0.15, 0.2) is 5.16 Å². The molecular formula is C17H15N5O3S. The van der Waals surface area contributed by atoms with Crippen LogP contribution in [0.2, 0.25) is 0 Å². The van der Waals surface area contributed by atoms with Crippen molar-refractivity contribution in [3.63, 3.8) is 0 Å². The molecule has 1 aromatic heterocycles. The molecule has 8 nitrogen and oxygen atoms in total. The number of nitro benzene ring substituents is 1. The number of carbonyl (C=O) groups is 1. The van der Waals surface area contributed by atoms with Gasteiger partial charge in [-0.25, -0.2) is 0 Å². The third kappa shape index (κ3) is 4.25. The highest BCUT2D eigenvalue weighted by Gasteiger charge is 2.11. The minimum absolute atomic E-state index is 0.0245. The van der Waals surface area contributed by atoms with Crippen molar-refractivity contribution in [2.75, 3.05) is 11.1 Å². The van der Waals surface area contributed by atoms with Gasteiger partial charge in [0.05, 0.1) is 10.7 Å². The van der Waals surface area contributed by atoms with E-state index in [9.17, 15) is 14.9 Å². The molecule has 132 valence electrons. The van der Waals surface area contributed by atoms with E-state index in [1.54, 1.807) is 6.33 Å². The standard InChI is InChI=1S/C17H15N5O3S/c1-12-2-6-14(7-3-12)21-11-18-20-17(21)26-10-16(23)19-13-4-8-15(9-5-13)22(24)25/h2-9,11H,10H2,1H3,(H,19,23). The highest BCUT2D eigenvalue weighted by molar-refractivity contribution is 7.99. The van der Waals surface area contributed by atoms with E-state index in [1.807, 2.05) is 35.8 Å². The van der Waals surface area contributed by atoms with Gasteiger partial charge in [0.1, 0.15) is 6.33 Å². The lowest BCUT2D eigenvalue weighted by atomic mass is 10.2. The van der Waals surface area contributed by atoms with Crippen LogP contribution in [-0.4, -0.2) is 31.3 Å². The van der Waals surface area contributed by atoms with E-state index < -0.39 is 4.92 Å². The summed E-state index contributed by atoms with van der Waals surface area (Å²) in [5.74, 6) is -0.0936. The van der Waals surface area contributed by atoms with E-state index in [2.05, 4.69) is 15.5 Å². The summed E-state index contributed by atoms with van der Waals surface area (Å²) in [6, 6.07) is 13.6. The number of benzene rings is 2. The average Bonchev–Trinajstić information content (AvgIpc) is 3.09. The minimum atomic E-state index is -0.487. The molecule has 9 heteroatoms. The second-order valence-electron chi connectivity index (χ2n) is 5.46. The lowest BCUT2D eigenvalue weighted by Crippen LogP contribution is -2.14. The van der Waals surface area contributed by atoms with E-state index in [4.69, 9.17) is 0 Å². The van der Waals surface area contributed by atoms with Crippen LogP contribution < -0.4 is 5.32 Å². The molecule has 1 amide bonds. The fourth-order valence-corrected chi connectivity index (χ4v) is 2.93. The Kier molecular flexibility index (Phi) is 5.28. The SMILES string of the molecule is Cc1ccc(-n2cnnc2SCC(=O)Nc2ccc([N+](=O)[O-])cc2)cc1. The number of nitrogens with zero attached hydrogens (tertiary/aromatic N) is 4. The molecule has 0 saturated heterocycles. The van der Waals surface area contributed by atoms with Gasteiger partial charge in [-0.15, -0.1) is 10.2 Å². The zero-order valence-corrected chi connectivity index (χ0v) is 14.6. The number of aryl methyl sites for hydroxylation is 1. The molecule has 0 aliphatic carbocycles. The highest BCUT2D eigenvalue weighted by atomic mass is 32.2. The molecule has 0 bridgehead atoms. The Bertz CT molecular complexity index is 922. The first kappa shape index (κ1) is 17.6. The van der Waals surface area contributed by atoms with Gasteiger partial charge in [-0.05, 0) is 31.2 Å². The molecule has 1 N–H and O–H groups in total. The summed E-state index contributed by atoms with van der Waals surface area (Å²) in [7, 11) is 0. The van der Waals surface area contributed by atoms with Gasteiger partial charge in [-0.2, -0.15) is 0 Å². The summed E-state index contributed by atoms with van der Waals surface area (Å²) < 4.78 is 1.81. The zero-order valence-electron chi connectivity index (χ0n) is 13.8. The molecule has 0 radical (unpaired) electrons. The van der Waals surface area contributed by atoms with Crippen molar-refractivity contribution in [1.82, 2.24) is 14.8 Å². The maximum absolute atomic E-state index is 12.1. The van der Waals surface area contributed by atoms with Gasteiger partial charge >= 0.3 is 0 Å². The first-order valence-corrected chi connectivity index (χ1v) is 8.65. The maximum Gasteiger partial charge on any atom is 0.269 e. The lowest BCUT2D eigenvalue weighted by Gasteiger charge is -2.07. The van der Waals surface area contributed by atoms with Gasteiger partial charge in [-0.1, -0.05) is 29.5 Å². The average molecular weight is 369 g/mol. The number of hydrogen-bond donors (Lipinski definition) is 1. The predicted octanol–water partition coefficient (Wildman–Crippen LogP) is 3.21. The Hall–Kier alpha value is -3.20. The van der Waals surface area contributed by atoms with Crippen LogP contribution in [0.1, 0.15) is 5.56 Å². The lowest BCUT2D eigenvalue weighted by molar-refractivity contribution is -0.384. The van der Waals surface area contributed by atoms with Crippen LogP contribution >= 0.6 is 11.8 Å². The summed E-state index contributed by atoms with van der Waals surface area (Å²) in [6.45, 7) is 2.01. The monoisotopic (exact) mass is 369 g/mol. The molecule has 0 aliphatic rings. The molecule has 0 spiro atoms. The maximum atomic E-state index is 12.1. The summed E-state index contributed by atoms with van der Waals surface area (Å²) in [5.41, 5.74) is 2.54. The van der Waals surface area contributed by atoms with Crippen LogP contribution in [0.3, 0.4) is 0 Å². The topological polar surface area (TPSA) is 103 Å². The molecule has 3 aromatic rings. The molecule has 0 unspecified atom stereocenters. The number of anilines is 1. The Balaban J connectivity index is 1.61. The number of aromatic nitrogens is 3. The van der Waals surface area contributed by atoms with E-state index in [-0.39, 0.29) is 17.3 Å². The molecule has 1 heterocycles. The van der Waals surface area contributed by atoms with Gasteiger partial charge in [0.2, 0.25) is 5.91 Å². The largest absolute Gasteiger partial charge is 0.325 e. The van der Waals surface area contributed by atoms with Crippen LogP contribution in [0.15, 0.2) is 60.0 Å². The predicted molar refractivity (Wildman–Crippen MR) is 98.5 cm³/mol. The van der Waals surface area contributed by atoms with Gasteiger partial charge < -0.3 is 5.32 Å². The molecular weight excluding hydrogens is 354 g/mol. The number of amides is 1. The number of non-ortho nitro benzene ring substituents is 1. The molecule has 2 aromatic carbocycles. The van der Waals surface area contributed by atoms with Crippen molar-refractivity contribution in [3.8, 4) is 5.69 Å². The van der Waals surface area contributed by atoms with Gasteiger partial charge in [-0.3, -0.25) is 19.5 Å². The Morgan fingerprint density at radius 2 is 1.88 bits per heavy atom. The molecule has 0 fully saturated rings. The Morgan fingerprint density at radius 1 is 1.19 bits per heavy atom. The van der Waals surface area contributed by atoms with E-state index in [0.717, 1.165) is 11.3 Å². The molecule has 0 saturated carbocycles. The zero-order chi connectivity index (χ0) is 18.5. The second-order valence-corrected chi connectivity index (χ2v) is 6.40. The highest BCUT2D eigenvalue weighted by Crippen LogP contribution is 2.21. The van der Waals surface area contributed by atoms with Gasteiger partial charge in [0.25, 0.3) is 5.69 Å². The van der Waals surface area contributed by atoms with Crippen LogP contribution in [0.5, 0.6) is 0 Å². The Morgan fingerprint density at radius 3 is 2.54 bits per heavy atom. The first-order valence-electron chi connectivity index (χ1n) is 7.67. The van der Waals surface area contributed by atoms with Crippen molar-refractivity contribution in [1.29, 1.82) is 0 Å². The minimum Gasteiger partial charge on any atom is -0.325 e. The summed E-state index contributed by atoms with van der Waals surface area (Å²) >= 11 is 1.26. The smallest absolute Gasteiger partial charge is 0.269 e. The van der Waals surface area contributed by atoms with Crippen molar-refractivity contribution in [2.24, 2.45) is 0 Å². The number of hydrogen-bond acceptors (Lipinski definition) is 6. The normalized spacial score (nSPS) is 10.5. The third-order valence-electron chi connectivity index (χ3n) is 3.52. The van der Waals surface area contributed by atoms with Crippen molar-refractivity contribution in [2.45, 2.75) is 12.1 Å². The quantitative estimate of drug-likeness (QED) is 0.406.